The number of benzene rings is 1. The standard InChI is InChI=1S/C11H10O3/c1-7-3-5-9(6-4-7)8(2)10(12)11(13)14/h3-6H,2H2,1H3,(H,13,14). The van der Waals surface area contributed by atoms with Crippen LogP contribution in [0.2, 0.25) is 0 Å². The van der Waals surface area contributed by atoms with Crippen LogP contribution in [0.1, 0.15) is 11.1 Å². The fourth-order valence-corrected chi connectivity index (χ4v) is 1.01. The maximum atomic E-state index is 11.0. The maximum Gasteiger partial charge on any atom is 0.377 e. The molecule has 1 aromatic rings. The van der Waals surface area contributed by atoms with Crippen LogP contribution in [0.5, 0.6) is 0 Å². The molecule has 3 nitrogen and oxygen atoms in total. The third kappa shape index (κ3) is 2.07. The summed E-state index contributed by atoms with van der Waals surface area (Å²) in [5, 5.41) is 8.46. The lowest BCUT2D eigenvalue weighted by Crippen LogP contribution is -2.13. The van der Waals surface area contributed by atoms with E-state index in [2.05, 4.69) is 6.58 Å². The number of ketones is 1. The van der Waals surface area contributed by atoms with E-state index in [0.29, 0.717) is 5.56 Å². The Bertz CT molecular complexity index is 387. The van der Waals surface area contributed by atoms with Crippen molar-refractivity contribution in [1.82, 2.24) is 0 Å². The summed E-state index contributed by atoms with van der Waals surface area (Å²) in [6.07, 6.45) is 0. The molecule has 1 N–H and O–H groups in total. The van der Waals surface area contributed by atoms with Crippen LogP contribution in [-0.2, 0) is 9.59 Å². The van der Waals surface area contributed by atoms with E-state index < -0.39 is 11.8 Å². The Labute approximate surface area is 81.7 Å². The summed E-state index contributed by atoms with van der Waals surface area (Å²) in [7, 11) is 0. The summed E-state index contributed by atoms with van der Waals surface area (Å²) < 4.78 is 0. The van der Waals surface area contributed by atoms with Crippen LogP contribution in [0.4, 0.5) is 0 Å². The molecule has 0 unspecified atom stereocenters. The van der Waals surface area contributed by atoms with Gasteiger partial charge < -0.3 is 5.11 Å². The number of carbonyl (C=O) groups excluding carboxylic acids is 1. The molecule has 0 aliphatic carbocycles. The highest BCUT2D eigenvalue weighted by Gasteiger charge is 2.16. The second-order valence-corrected chi connectivity index (χ2v) is 2.98. The minimum Gasteiger partial charge on any atom is -0.475 e. The molecule has 0 saturated heterocycles. The molecule has 0 aliphatic heterocycles. The smallest absolute Gasteiger partial charge is 0.377 e. The van der Waals surface area contributed by atoms with Gasteiger partial charge in [0, 0.05) is 5.57 Å². The topological polar surface area (TPSA) is 54.4 Å². The molecule has 0 heterocycles. The first-order valence-corrected chi connectivity index (χ1v) is 4.06. The summed E-state index contributed by atoms with van der Waals surface area (Å²) in [4.78, 5) is 21.4. The van der Waals surface area contributed by atoms with Gasteiger partial charge in [-0.05, 0) is 12.5 Å². The molecule has 0 spiro atoms. The van der Waals surface area contributed by atoms with Gasteiger partial charge in [0.15, 0.2) is 0 Å². The Hall–Kier alpha value is -1.90. The molecule has 3 heteroatoms. The zero-order valence-electron chi connectivity index (χ0n) is 7.78. The summed E-state index contributed by atoms with van der Waals surface area (Å²) >= 11 is 0. The summed E-state index contributed by atoms with van der Waals surface area (Å²) in [5.74, 6) is -2.44. The SMILES string of the molecule is C=C(C(=O)C(=O)O)c1ccc(C)cc1. The van der Waals surface area contributed by atoms with Gasteiger partial charge in [0.2, 0.25) is 0 Å². The Kier molecular flexibility index (Phi) is 2.82. The number of aryl methyl sites for hydroxylation is 1. The van der Waals surface area contributed by atoms with Crippen molar-refractivity contribution in [2.45, 2.75) is 6.92 Å². The van der Waals surface area contributed by atoms with E-state index in [4.69, 9.17) is 5.11 Å². The number of carboxylic acid groups (broad SMARTS) is 1. The van der Waals surface area contributed by atoms with Crippen LogP contribution in [-0.4, -0.2) is 16.9 Å². The molecule has 1 rings (SSSR count). The lowest BCUT2D eigenvalue weighted by molar-refractivity contribution is -0.146. The number of carbonyl (C=O) groups is 2. The van der Waals surface area contributed by atoms with Gasteiger partial charge in [-0.1, -0.05) is 36.4 Å². The average molecular weight is 190 g/mol. The van der Waals surface area contributed by atoms with E-state index in [1.54, 1.807) is 24.3 Å². The van der Waals surface area contributed by atoms with Gasteiger partial charge in [0.1, 0.15) is 0 Å². The number of Topliss-reactive ketones (excluding diaryl/α,β-unsaturated/α-hetero) is 1. The molecule has 72 valence electrons. The van der Waals surface area contributed by atoms with Crippen molar-refractivity contribution in [3.8, 4) is 0 Å². The van der Waals surface area contributed by atoms with E-state index in [1.165, 1.54) is 0 Å². The Morgan fingerprint density at radius 3 is 2.14 bits per heavy atom. The Morgan fingerprint density at radius 2 is 1.71 bits per heavy atom. The van der Waals surface area contributed by atoms with E-state index in [0.717, 1.165) is 5.56 Å². The fourth-order valence-electron chi connectivity index (χ4n) is 1.01. The molecule has 0 amide bonds. The summed E-state index contributed by atoms with van der Waals surface area (Å²) in [6, 6.07) is 6.96. The van der Waals surface area contributed by atoms with Crippen molar-refractivity contribution in [2.24, 2.45) is 0 Å². The molecule has 0 atom stereocenters. The third-order valence-electron chi connectivity index (χ3n) is 1.87. The second-order valence-electron chi connectivity index (χ2n) is 2.98. The Balaban J connectivity index is 2.96. The van der Waals surface area contributed by atoms with Crippen LogP contribution >= 0.6 is 0 Å². The van der Waals surface area contributed by atoms with Crippen molar-refractivity contribution < 1.29 is 14.7 Å². The third-order valence-corrected chi connectivity index (χ3v) is 1.87. The molecular weight excluding hydrogens is 180 g/mol. The van der Waals surface area contributed by atoms with Crippen molar-refractivity contribution in [2.75, 3.05) is 0 Å². The van der Waals surface area contributed by atoms with Gasteiger partial charge >= 0.3 is 5.97 Å². The molecule has 0 radical (unpaired) electrons. The van der Waals surface area contributed by atoms with E-state index in [9.17, 15) is 9.59 Å². The van der Waals surface area contributed by atoms with E-state index >= 15 is 0 Å². The minimum absolute atomic E-state index is 0.0116. The first kappa shape index (κ1) is 10.2. The molecule has 0 aliphatic rings. The molecule has 0 bridgehead atoms. The first-order chi connectivity index (χ1) is 6.52. The molecule has 1 aromatic carbocycles. The maximum absolute atomic E-state index is 11.0. The Morgan fingerprint density at radius 1 is 1.21 bits per heavy atom. The average Bonchev–Trinajstić information content (AvgIpc) is 2.16. The first-order valence-electron chi connectivity index (χ1n) is 4.06. The molecular formula is C11H10O3. The van der Waals surface area contributed by atoms with Gasteiger partial charge in [-0.2, -0.15) is 0 Å². The number of aliphatic carboxylic acids is 1. The van der Waals surface area contributed by atoms with Crippen molar-refractivity contribution in [1.29, 1.82) is 0 Å². The second kappa shape index (κ2) is 3.87. The number of hydrogen-bond donors (Lipinski definition) is 1. The van der Waals surface area contributed by atoms with Gasteiger partial charge in [0.25, 0.3) is 5.78 Å². The van der Waals surface area contributed by atoms with Crippen molar-refractivity contribution in [3.05, 3.63) is 42.0 Å². The van der Waals surface area contributed by atoms with Crippen LogP contribution in [0, 0.1) is 6.92 Å². The zero-order valence-corrected chi connectivity index (χ0v) is 7.78. The number of rotatable bonds is 3. The van der Waals surface area contributed by atoms with Gasteiger partial charge in [-0.15, -0.1) is 0 Å². The van der Waals surface area contributed by atoms with Crippen LogP contribution in [0.25, 0.3) is 5.57 Å². The fraction of sp³-hybridized carbons (Fsp3) is 0.0909. The highest BCUT2D eigenvalue weighted by molar-refractivity contribution is 6.50. The summed E-state index contributed by atoms with van der Waals surface area (Å²) in [6.45, 7) is 5.35. The number of carboxylic acids is 1. The van der Waals surface area contributed by atoms with Crippen molar-refractivity contribution in [3.63, 3.8) is 0 Å². The van der Waals surface area contributed by atoms with Gasteiger partial charge in [-0.3, -0.25) is 4.79 Å². The predicted octanol–water partition coefficient (Wildman–Crippen LogP) is 1.66. The zero-order chi connectivity index (χ0) is 10.7. The lowest BCUT2D eigenvalue weighted by Gasteiger charge is -2.01. The van der Waals surface area contributed by atoms with Crippen molar-refractivity contribution >= 4 is 17.3 Å². The molecule has 14 heavy (non-hydrogen) atoms. The van der Waals surface area contributed by atoms with Crippen LogP contribution < -0.4 is 0 Å². The van der Waals surface area contributed by atoms with Gasteiger partial charge in [0.05, 0.1) is 0 Å². The molecule has 0 fully saturated rings. The van der Waals surface area contributed by atoms with Crippen LogP contribution in [0.3, 0.4) is 0 Å². The minimum atomic E-state index is -1.48. The molecule has 0 aromatic heterocycles. The quantitative estimate of drug-likeness (QED) is 0.582. The largest absolute Gasteiger partial charge is 0.475 e. The van der Waals surface area contributed by atoms with Gasteiger partial charge in [-0.25, -0.2) is 4.79 Å². The van der Waals surface area contributed by atoms with Crippen LogP contribution in [0.15, 0.2) is 30.8 Å². The van der Waals surface area contributed by atoms with E-state index in [1.807, 2.05) is 6.92 Å². The monoisotopic (exact) mass is 190 g/mol. The normalized spacial score (nSPS) is 9.50. The highest BCUT2D eigenvalue weighted by Crippen LogP contribution is 2.13. The van der Waals surface area contributed by atoms with E-state index in [-0.39, 0.29) is 5.57 Å². The lowest BCUT2D eigenvalue weighted by atomic mass is 10.0. The predicted molar refractivity (Wildman–Crippen MR) is 52.9 cm³/mol. The summed E-state index contributed by atoms with van der Waals surface area (Å²) in [5.41, 5.74) is 1.60. The highest BCUT2D eigenvalue weighted by atomic mass is 16.4. The molecule has 0 saturated carbocycles. The number of hydrogen-bond acceptors (Lipinski definition) is 2.